The largest absolute Gasteiger partial charge is 0.354 e. The molecule has 0 bridgehead atoms. The van der Waals surface area contributed by atoms with Crippen molar-refractivity contribution in [1.29, 1.82) is 5.26 Å². The number of hydrogen-bond acceptors (Lipinski definition) is 3. The molecule has 3 aromatic rings. The van der Waals surface area contributed by atoms with Crippen LogP contribution in [-0.2, 0) is 0 Å². The van der Waals surface area contributed by atoms with Crippen molar-refractivity contribution in [1.82, 2.24) is 4.98 Å². The number of hydrogen-bond donors (Lipinski definition) is 1. The summed E-state index contributed by atoms with van der Waals surface area (Å²) in [5.74, 6) is 0. The lowest BCUT2D eigenvalue weighted by molar-refractivity contribution is 1.40. The summed E-state index contributed by atoms with van der Waals surface area (Å²) in [6, 6.07) is 17.9. The first kappa shape index (κ1) is 12.2. The summed E-state index contributed by atoms with van der Waals surface area (Å²) in [5.41, 5.74) is 4.50. The van der Waals surface area contributed by atoms with Crippen LogP contribution in [0.4, 0.5) is 11.4 Å². The Bertz CT molecular complexity index is 816. The Morgan fingerprint density at radius 2 is 2.00 bits per heavy atom. The van der Waals surface area contributed by atoms with Crippen LogP contribution < -0.4 is 5.32 Å². The highest BCUT2D eigenvalue weighted by atomic mass is 14.9. The van der Waals surface area contributed by atoms with Gasteiger partial charge in [-0.1, -0.05) is 12.1 Å². The molecule has 0 atom stereocenters. The van der Waals surface area contributed by atoms with E-state index in [1.165, 1.54) is 0 Å². The molecule has 96 valence electrons. The Kier molecular flexibility index (Phi) is 3.06. The average Bonchev–Trinajstić information content (AvgIpc) is 2.47. The number of fused-ring (bicyclic) bond motifs is 1. The number of benzene rings is 2. The molecule has 0 amide bonds. The number of nitriles is 1. The number of nitrogens with one attached hydrogen (secondary N) is 1. The zero-order valence-electron chi connectivity index (χ0n) is 11.1. The van der Waals surface area contributed by atoms with E-state index in [0.717, 1.165) is 27.8 Å². The van der Waals surface area contributed by atoms with Gasteiger partial charge < -0.3 is 5.32 Å². The molecule has 3 rings (SSSR count). The quantitative estimate of drug-likeness (QED) is 0.751. The van der Waals surface area contributed by atoms with Gasteiger partial charge in [-0.2, -0.15) is 5.26 Å². The molecule has 0 aliphatic heterocycles. The van der Waals surface area contributed by atoms with Gasteiger partial charge in [-0.25, -0.2) is 0 Å². The zero-order valence-corrected chi connectivity index (χ0v) is 11.1. The predicted molar refractivity (Wildman–Crippen MR) is 80.9 cm³/mol. The van der Waals surface area contributed by atoms with Crippen molar-refractivity contribution >= 4 is 22.3 Å². The molecule has 0 saturated heterocycles. The smallest absolute Gasteiger partial charge is 0.101 e. The van der Waals surface area contributed by atoms with Crippen molar-refractivity contribution in [2.75, 3.05) is 5.32 Å². The number of pyridine rings is 1. The topological polar surface area (TPSA) is 48.7 Å². The minimum absolute atomic E-state index is 0.641. The molecular weight excluding hydrogens is 246 g/mol. The van der Waals surface area contributed by atoms with Gasteiger partial charge in [0.05, 0.1) is 16.8 Å². The minimum Gasteiger partial charge on any atom is -0.354 e. The second kappa shape index (κ2) is 5.02. The van der Waals surface area contributed by atoms with Gasteiger partial charge in [-0.3, -0.25) is 4.98 Å². The van der Waals surface area contributed by atoms with E-state index >= 15 is 0 Å². The predicted octanol–water partition coefficient (Wildman–Crippen LogP) is 4.16. The first-order chi connectivity index (χ1) is 9.76. The van der Waals surface area contributed by atoms with Crippen LogP contribution in [0.1, 0.15) is 11.1 Å². The third kappa shape index (κ3) is 2.32. The fraction of sp³-hybridized carbons (Fsp3) is 0.0588. The molecule has 0 fully saturated rings. The van der Waals surface area contributed by atoms with Crippen molar-refractivity contribution in [3.63, 3.8) is 0 Å². The lowest BCUT2D eigenvalue weighted by Gasteiger charge is -2.10. The van der Waals surface area contributed by atoms with E-state index in [4.69, 9.17) is 5.26 Å². The molecule has 3 heteroatoms. The maximum absolute atomic E-state index is 9.16. The van der Waals surface area contributed by atoms with Gasteiger partial charge in [0.2, 0.25) is 0 Å². The Hall–Kier alpha value is -2.86. The summed E-state index contributed by atoms with van der Waals surface area (Å²) >= 11 is 0. The first-order valence-corrected chi connectivity index (χ1v) is 6.39. The SMILES string of the molecule is Cc1ccc(C#N)c(Nc2ccc3ncccc3c2)c1. The van der Waals surface area contributed by atoms with Gasteiger partial charge in [-0.05, 0) is 48.9 Å². The number of rotatable bonds is 2. The van der Waals surface area contributed by atoms with Crippen molar-refractivity contribution in [3.05, 3.63) is 65.9 Å². The molecule has 1 N–H and O–H groups in total. The van der Waals surface area contributed by atoms with E-state index in [1.807, 2.05) is 55.5 Å². The molecule has 0 aliphatic rings. The molecule has 0 unspecified atom stereocenters. The molecular formula is C17H13N3. The van der Waals surface area contributed by atoms with Gasteiger partial charge in [0.25, 0.3) is 0 Å². The molecule has 1 aromatic heterocycles. The van der Waals surface area contributed by atoms with Gasteiger partial charge in [0, 0.05) is 17.3 Å². The third-order valence-electron chi connectivity index (χ3n) is 3.18. The number of aryl methyl sites for hydroxylation is 1. The van der Waals surface area contributed by atoms with Gasteiger partial charge in [0.1, 0.15) is 6.07 Å². The summed E-state index contributed by atoms with van der Waals surface area (Å²) in [4.78, 5) is 4.30. The maximum atomic E-state index is 9.16. The van der Waals surface area contributed by atoms with Crippen LogP contribution in [0.3, 0.4) is 0 Å². The highest BCUT2D eigenvalue weighted by Crippen LogP contribution is 2.24. The molecule has 0 saturated carbocycles. The molecule has 2 aromatic carbocycles. The van der Waals surface area contributed by atoms with Gasteiger partial charge in [0.15, 0.2) is 0 Å². The van der Waals surface area contributed by atoms with Gasteiger partial charge >= 0.3 is 0 Å². The summed E-state index contributed by atoms with van der Waals surface area (Å²) in [7, 11) is 0. The second-order valence-corrected chi connectivity index (χ2v) is 4.70. The first-order valence-electron chi connectivity index (χ1n) is 6.39. The van der Waals surface area contributed by atoms with Crippen LogP contribution >= 0.6 is 0 Å². The molecule has 1 heterocycles. The van der Waals surface area contributed by atoms with Crippen LogP contribution in [-0.4, -0.2) is 4.98 Å². The van der Waals surface area contributed by atoms with E-state index < -0.39 is 0 Å². The van der Waals surface area contributed by atoms with E-state index in [0.29, 0.717) is 5.56 Å². The Morgan fingerprint density at radius 1 is 1.10 bits per heavy atom. The molecule has 0 radical (unpaired) electrons. The van der Waals surface area contributed by atoms with Crippen LogP contribution in [0.25, 0.3) is 10.9 Å². The Morgan fingerprint density at radius 3 is 2.85 bits per heavy atom. The summed E-state index contributed by atoms with van der Waals surface area (Å²) in [5, 5.41) is 13.5. The standard InChI is InChI=1S/C17H13N3/c1-12-4-5-14(11-18)17(9-12)20-15-6-7-16-13(10-15)3-2-8-19-16/h2-10,20H,1H3. The summed E-state index contributed by atoms with van der Waals surface area (Å²) in [6.45, 7) is 2.01. The highest BCUT2D eigenvalue weighted by molar-refractivity contribution is 5.83. The second-order valence-electron chi connectivity index (χ2n) is 4.70. The minimum atomic E-state index is 0.641. The molecule has 3 nitrogen and oxygen atoms in total. The van der Waals surface area contributed by atoms with E-state index in [2.05, 4.69) is 16.4 Å². The zero-order chi connectivity index (χ0) is 13.9. The van der Waals surface area contributed by atoms with Crippen molar-refractivity contribution in [2.45, 2.75) is 6.92 Å². The molecule has 20 heavy (non-hydrogen) atoms. The van der Waals surface area contributed by atoms with E-state index in [1.54, 1.807) is 6.20 Å². The van der Waals surface area contributed by atoms with E-state index in [9.17, 15) is 0 Å². The van der Waals surface area contributed by atoms with Crippen LogP contribution in [0, 0.1) is 18.3 Å². The highest BCUT2D eigenvalue weighted by Gasteiger charge is 2.03. The van der Waals surface area contributed by atoms with E-state index in [-0.39, 0.29) is 0 Å². The normalized spacial score (nSPS) is 10.2. The maximum Gasteiger partial charge on any atom is 0.101 e. The Labute approximate surface area is 117 Å². The fourth-order valence-corrected chi connectivity index (χ4v) is 2.17. The van der Waals surface area contributed by atoms with Crippen LogP contribution in [0.5, 0.6) is 0 Å². The summed E-state index contributed by atoms with van der Waals surface area (Å²) in [6.07, 6.45) is 1.78. The Balaban J connectivity index is 2.01. The number of nitrogens with zero attached hydrogens (tertiary/aromatic N) is 2. The van der Waals surface area contributed by atoms with Gasteiger partial charge in [-0.15, -0.1) is 0 Å². The van der Waals surface area contributed by atoms with Crippen molar-refractivity contribution < 1.29 is 0 Å². The fourth-order valence-electron chi connectivity index (χ4n) is 2.17. The lowest BCUT2D eigenvalue weighted by atomic mass is 10.1. The lowest BCUT2D eigenvalue weighted by Crippen LogP contribution is -1.94. The van der Waals surface area contributed by atoms with Crippen molar-refractivity contribution in [3.8, 4) is 6.07 Å². The summed E-state index contributed by atoms with van der Waals surface area (Å²) < 4.78 is 0. The average molecular weight is 259 g/mol. The van der Waals surface area contributed by atoms with Crippen LogP contribution in [0.2, 0.25) is 0 Å². The number of aromatic nitrogens is 1. The van der Waals surface area contributed by atoms with Crippen LogP contribution in [0.15, 0.2) is 54.7 Å². The molecule has 0 aliphatic carbocycles. The number of anilines is 2. The molecule has 0 spiro atoms. The third-order valence-corrected chi connectivity index (χ3v) is 3.18. The van der Waals surface area contributed by atoms with Crippen molar-refractivity contribution in [2.24, 2.45) is 0 Å². The monoisotopic (exact) mass is 259 g/mol.